The molecule has 1 aliphatic rings. The lowest BCUT2D eigenvalue weighted by Crippen LogP contribution is -2.32. The minimum absolute atomic E-state index is 0.786. The zero-order chi connectivity index (χ0) is 9.80. The van der Waals surface area contributed by atoms with Crippen LogP contribution < -0.4 is 5.32 Å². The molecule has 2 atom stereocenters. The Hall–Kier alpha value is -0.340. The Labute approximate surface area is 90.5 Å². The van der Waals surface area contributed by atoms with E-state index in [1.165, 1.54) is 31.2 Å². The fourth-order valence-corrected chi connectivity index (χ4v) is 2.99. The van der Waals surface area contributed by atoms with Crippen LogP contribution in [0.15, 0.2) is 16.8 Å². The molecule has 1 aromatic rings. The van der Waals surface area contributed by atoms with Crippen LogP contribution in [-0.4, -0.2) is 12.6 Å². The molecule has 0 radical (unpaired) electrons. The minimum Gasteiger partial charge on any atom is -0.313 e. The molecule has 0 bridgehead atoms. The molecule has 2 heteroatoms. The lowest BCUT2D eigenvalue weighted by Gasteiger charge is -2.16. The van der Waals surface area contributed by atoms with E-state index in [0.29, 0.717) is 0 Å². The highest BCUT2D eigenvalue weighted by atomic mass is 32.1. The highest BCUT2D eigenvalue weighted by molar-refractivity contribution is 7.07. The van der Waals surface area contributed by atoms with Crippen molar-refractivity contribution in [3.63, 3.8) is 0 Å². The van der Waals surface area contributed by atoms with Crippen LogP contribution in [0.25, 0.3) is 0 Å². The number of nitrogens with one attached hydrogen (secondary N) is 1. The van der Waals surface area contributed by atoms with Gasteiger partial charge in [-0.25, -0.2) is 0 Å². The minimum atomic E-state index is 0.786. The molecule has 1 aliphatic carbocycles. The summed E-state index contributed by atoms with van der Waals surface area (Å²) in [5.74, 6) is 0.887. The molecule has 0 spiro atoms. The van der Waals surface area contributed by atoms with Gasteiger partial charge in [0.1, 0.15) is 0 Å². The highest BCUT2D eigenvalue weighted by Crippen LogP contribution is 2.24. The van der Waals surface area contributed by atoms with E-state index in [4.69, 9.17) is 0 Å². The summed E-state index contributed by atoms with van der Waals surface area (Å²) in [5.41, 5.74) is 1.48. The molecule has 0 aliphatic heterocycles. The number of thiophene rings is 1. The predicted octanol–water partition coefficient (Wildman–Crippen LogP) is 3.07. The third kappa shape index (κ3) is 2.58. The number of hydrogen-bond donors (Lipinski definition) is 1. The molecule has 78 valence electrons. The van der Waals surface area contributed by atoms with Gasteiger partial charge in [0, 0.05) is 6.04 Å². The first-order valence-electron chi connectivity index (χ1n) is 5.61. The van der Waals surface area contributed by atoms with Gasteiger partial charge in [-0.2, -0.15) is 11.3 Å². The second-order valence-electron chi connectivity index (χ2n) is 4.35. The van der Waals surface area contributed by atoms with Crippen LogP contribution in [0.2, 0.25) is 0 Å². The second kappa shape index (κ2) is 4.94. The first-order chi connectivity index (χ1) is 6.86. The summed E-state index contributed by atoms with van der Waals surface area (Å²) in [4.78, 5) is 0. The summed E-state index contributed by atoms with van der Waals surface area (Å²) < 4.78 is 0. The van der Waals surface area contributed by atoms with Crippen molar-refractivity contribution in [3.8, 4) is 0 Å². The lowest BCUT2D eigenvalue weighted by atomic mass is 10.1. The molecule has 1 fully saturated rings. The van der Waals surface area contributed by atoms with Crippen molar-refractivity contribution >= 4 is 11.3 Å². The van der Waals surface area contributed by atoms with Gasteiger partial charge in [0.25, 0.3) is 0 Å². The molecule has 2 rings (SSSR count). The smallest absolute Gasteiger partial charge is 0.00928 e. The Bertz CT molecular complexity index is 255. The van der Waals surface area contributed by atoms with E-state index in [9.17, 15) is 0 Å². The summed E-state index contributed by atoms with van der Waals surface area (Å²) in [6.45, 7) is 3.51. The van der Waals surface area contributed by atoms with E-state index >= 15 is 0 Å². The lowest BCUT2D eigenvalue weighted by molar-refractivity contribution is 0.430. The van der Waals surface area contributed by atoms with E-state index in [1.54, 1.807) is 11.3 Å². The topological polar surface area (TPSA) is 12.0 Å². The Morgan fingerprint density at radius 1 is 1.50 bits per heavy atom. The van der Waals surface area contributed by atoms with Crippen LogP contribution in [-0.2, 0) is 6.42 Å². The van der Waals surface area contributed by atoms with Crippen LogP contribution in [0.1, 0.15) is 31.7 Å². The van der Waals surface area contributed by atoms with Crippen molar-refractivity contribution in [1.82, 2.24) is 5.32 Å². The summed E-state index contributed by atoms with van der Waals surface area (Å²) in [6, 6.07) is 3.01. The van der Waals surface area contributed by atoms with Crippen LogP contribution in [0.4, 0.5) is 0 Å². The van der Waals surface area contributed by atoms with Crippen LogP contribution in [0.3, 0.4) is 0 Å². The third-order valence-corrected chi connectivity index (χ3v) is 3.99. The van der Waals surface area contributed by atoms with Crippen molar-refractivity contribution in [1.29, 1.82) is 0 Å². The fraction of sp³-hybridized carbons (Fsp3) is 0.667. The Morgan fingerprint density at radius 3 is 3.07 bits per heavy atom. The van der Waals surface area contributed by atoms with E-state index in [2.05, 4.69) is 29.1 Å². The maximum atomic E-state index is 3.67. The monoisotopic (exact) mass is 209 g/mol. The maximum absolute atomic E-state index is 3.67. The van der Waals surface area contributed by atoms with Gasteiger partial charge in [-0.15, -0.1) is 0 Å². The van der Waals surface area contributed by atoms with E-state index in [1.807, 2.05) is 0 Å². The zero-order valence-corrected chi connectivity index (χ0v) is 9.65. The largest absolute Gasteiger partial charge is 0.313 e. The SMILES string of the molecule is CC1CCCC1NCCc1ccsc1. The quantitative estimate of drug-likeness (QED) is 0.803. The van der Waals surface area contributed by atoms with Crippen molar-refractivity contribution < 1.29 is 0 Å². The van der Waals surface area contributed by atoms with E-state index < -0.39 is 0 Å². The van der Waals surface area contributed by atoms with Crippen LogP contribution in [0.5, 0.6) is 0 Å². The van der Waals surface area contributed by atoms with Crippen molar-refractivity contribution in [2.75, 3.05) is 6.54 Å². The first-order valence-corrected chi connectivity index (χ1v) is 6.55. The average Bonchev–Trinajstić information content (AvgIpc) is 2.78. The van der Waals surface area contributed by atoms with Gasteiger partial charge in [-0.1, -0.05) is 13.3 Å². The van der Waals surface area contributed by atoms with E-state index in [-0.39, 0.29) is 0 Å². The molecule has 0 aromatic carbocycles. The summed E-state index contributed by atoms with van der Waals surface area (Å²) in [6.07, 6.45) is 5.39. The first kappa shape index (κ1) is 10.2. The van der Waals surface area contributed by atoms with Crippen molar-refractivity contribution in [2.24, 2.45) is 5.92 Å². The zero-order valence-electron chi connectivity index (χ0n) is 8.83. The van der Waals surface area contributed by atoms with Gasteiger partial charge in [0.2, 0.25) is 0 Å². The molecule has 2 unspecified atom stereocenters. The van der Waals surface area contributed by atoms with Gasteiger partial charge in [0.05, 0.1) is 0 Å². The van der Waals surface area contributed by atoms with Crippen molar-refractivity contribution in [2.45, 2.75) is 38.6 Å². The summed E-state index contributed by atoms with van der Waals surface area (Å²) in [7, 11) is 0. The molecule has 14 heavy (non-hydrogen) atoms. The number of rotatable bonds is 4. The molecular weight excluding hydrogens is 190 g/mol. The van der Waals surface area contributed by atoms with Gasteiger partial charge in [-0.3, -0.25) is 0 Å². The Balaban J connectivity index is 1.68. The van der Waals surface area contributed by atoms with Gasteiger partial charge >= 0.3 is 0 Å². The Kier molecular flexibility index (Phi) is 3.60. The van der Waals surface area contributed by atoms with Gasteiger partial charge in [0.15, 0.2) is 0 Å². The van der Waals surface area contributed by atoms with E-state index in [0.717, 1.165) is 18.5 Å². The standard InChI is InChI=1S/C12H19NS/c1-10-3-2-4-12(10)13-7-5-11-6-8-14-9-11/h6,8-10,12-13H,2-5,7H2,1H3. The third-order valence-electron chi connectivity index (χ3n) is 3.26. The molecule has 1 saturated carbocycles. The summed E-state index contributed by atoms with van der Waals surface area (Å²) in [5, 5.41) is 8.08. The van der Waals surface area contributed by atoms with Crippen molar-refractivity contribution in [3.05, 3.63) is 22.4 Å². The molecular formula is C12H19NS. The summed E-state index contributed by atoms with van der Waals surface area (Å²) >= 11 is 1.80. The maximum Gasteiger partial charge on any atom is 0.00928 e. The molecule has 1 N–H and O–H groups in total. The molecule has 1 aromatic heterocycles. The average molecular weight is 209 g/mol. The normalized spacial score (nSPS) is 26.9. The van der Waals surface area contributed by atoms with Gasteiger partial charge < -0.3 is 5.32 Å². The van der Waals surface area contributed by atoms with Gasteiger partial charge in [-0.05, 0) is 54.1 Å². The second-order valence-corrected chi connectivity index (χ2v) is 5.13. The number of hydrogen-bond acceptors (Lipinski definition) is 2. The molecule has 0 amide bonds. The highest BCUT2D eigenvalue weighted by Gasteiger charge is 2.21. The molecule has 1 heterocycles. The molecule has 0 saturated heterocycles. The molecule has 1 nitrogen and oxygen atoms in total. The van der Waals surface area contributed by atoms with Crippen LogP contribution >= 0.6 is 11.3 Å². The predicted molar refractivity (Wildman–Crippen MR) is 62.8 cm³/mol. The fourth-order valence-electron chi connectivity index (χ4n) is 2.29. The van der Waals surface area contributed by atoms with Crippen LogP contribution in [0, 0.1) is 5.92 Å². The Morgan fingerprint density at radius 2 is 2.43 bits per heavy atom.